The van der Waals surface area contributed by atoms with Gasteiger partial charge < -0.3 is 10.1 Å². The molecule has 2 aromatic rings. The van der Waals surface area contributed by atoms with Crippen molar-refractivity contribution in [1.82, 2.24) is 14.7 Å². The first-order valence-electron chi connectivity index (χ1n) is 7.48. The third kappa shape index (κ3) is 3.64. The predicted molar refractivity (Wildman–Crippen MR) is 90.7 cm³/mol. The molecule has 0 fully saturated rings. The van der Waals surface area contributed by atoms with E-state index < -0.39 is 21.6 Å². The van der Waals surface area contributed by atoms with Crippen LogP contribution in [-0.2, 0) is 21.5 Å². The Bertz CT molecular complexity index is 994. The van der Waals surface area contributed by atoms with Gasteiger partial charge in [0.2, 0.25) is 0 Å². The minimum atomic E-state index is -3.93. The minimum Gasteiger partial charge on any atom is -0.472 e. The lowest BCUT2D eigenvalue weighted by atomic mass is 10.0. The number of benzene rings is 1. The highest BCUT2D eigenvalue weighted by Crippen LogP contribution is 2.39. The van der Waals surface area contributed by atoms with Crippen LogP contribution in [0.4, 0.5) is 10.2 Å². The number of nitrogens with two attached hydrogens (primary N) is 1. The number of rotatable bonds is 4. The molecule has 2 heterocycles. The molecular formula is C15H16FN5O4S. The van der Waals surface area contributed by atoms with Crippen molar-refractivity contribution in [2.75, 3.05) is 5.32 Å². The fourth-order valence-electron chi connectivity index (χ4n) is 2.34. The summed E-state index contributed by atoms with van der Waals surface area (Å²) in [7, 11) is -3.93. The zero-order valence-electron chi connectivity index (χ0n) is 13.9. The average molecular weight is 381 g/mol. The van der Waals surface area contributed by atoms with Crippen molar-refractivity contribution in [2.45, 2.75) is 26.0 Å². The van der Waals surface area contributed by atoms with Crippen LogP contribution in [-0.4, -0.2) is 29.9 Å². The summed E-state index contributed by atoms with van der Waals surface area (Å²) in [5, 5.41) is 7.46. The molecule has 11 heteroatoms. The zero-order valence-corrected chi connectivity index (χ0v) is 14.7. The minimum absolute atomic E-state index is 0.111. The van der Waals surface area contributed by atoms with Crippen LogP contribution in [0.15, 0.2) is 24.5 Å². The Morgan fingerprint density at radius 2 is 2.08 bits per heavy atom. The molecule has 0 atom stereocenters. The number of amides is 1. The van der Waals surface area contributed by atoms with E-state index in [1.807, 2.05) is 4.72 Å². The Morgan fingerprint density at radius 1 is 1.35 bits per heavy atom. The van der Waals surface area contributed by atoms with Gasteiger partial charge in [0.05, 0.1) is 0 Å². The van der Waals surface area contributed by atoms with Gasteiger partial charge in [-0.15, -0.1) is 0 Å². The number of hydrogen-bond acceptors (Lipinski definition) is 6. The molecule has 26 heavy (non-hydrogen) atoms. The molecule has 0 aliphatic carbocycles. The fourth-order valence-corrected chi connectivity index (χ4v) is 2.70. The quantitative estimate of drug-likeness (QED) is 0.713. The lowest BCUT2D eigenvalue weighted by Crippen LogP contribution is -2.46. The van der Waals surface area contributed by atoms with Crippen LogP contribution in [0.1, 0.15) is 19.4 Å². The first-order chi connectivity index (χ1) is 12.1. The molecule has 1 aliphatic heterocycles. The summed E-state index contributed by atoms with van der Waals surface area (Å²) in [5.74, 6) is -0.582. The third-order valence-corrected chi connectivity index (χ3v) is 4.28. The van der Waals surface area contributed by atoms with Crippen LogP contribution < -0.4 is 19.9 Å². The van der Waals surface area contributed by atoms with Crippen LogP contribution in [0.5, 0.6) is 5.75 Å². The van der Waals surface area contributed by atoms with Crippen LogP contribution in [0.25, 0.3) is 11.3 Å². The maximum Gasteiger partial charge on any atom is 0.274 e. The third-order valence-electron chi connectivity index (χ3n) is 3.73. The number of aromatic nitrogens is 2. The van der Waals surface area contributed by atoms with Crippen molar-refractivity contribution in [3.63, 3.8) is 0 Å². The van der Waals surface area contributed by atoms with Crippen LogP contribution in [0.2, 0.25) is 0 Å². The van der Waals surface area contributed by atoms with Gasteiger partial charge in [0, 0.05) is 17.7 Å². The first kappa shape index (κ1) is 18.2. The Labute approximate surface area is 149 Å². The van der Waals surface area contributed by atoms with E-state index in [0.29, 0.717) is 11.3 Å². The Morgan fingerprint density at radius 3 is 2.73 bits per heavy atom. The van der Waals surface area contributed by atoms with Crippen molar-refractivity contribution in [3.8, 4) is 17.0 Å². The van der Waals surface area contributed by atoms with E-state index in [0.717, 1.165) is 0 Å². The first-order valence-corrected chi connectivity index (χ1v) is 9.03. The highest BCUT2D eigenvalue weighted by atomic mass is 32.2. The summed E-state index contributed by atoms with van der Waals surface area (Å²) < 4.78 is 43.9. The van der Waals surface area contributed by atoms with Crippen molar-refractivity contribution in [2.24, 2.45) is 5.14 Å². The number of hydrogen-bond donors (Lipinski definition) is 3. The predicted octanol–water partition coefficient (Wildman–Crippen LogP) is 0.685. The van der Waals surface area contributed by atoms with Gasteiger partial charge >= 0.3 is 0 Å². The van der Waals surface area contributed by atoms with Gasteiger partial charge in [-0.25, -0.2) is 19.5 Å². The van der Waals surface area contributed by atoms with Crippen molar-refractivity contribution in [1.29, 1.82) is 0 Å². The van der Waals surface area contributed by atoms with Crippen molar-refractivity contribution < 1.29 is 22.3 Å². The molecule has 0 bridgehead atoms. The number of ether oxygens (including phenoxy) is 1. The van der Waals surface area contributed by atoms with Gasteiger partial charge in [0.15, 0.2) is 17.2 Å². The summed E-state index contributed by atoms with van der Waals surface area (Å²) in [5.41, 5.74) is -0.342. The topological polar surface area (TPSA) is 136 Å². The number of nitrogens with zero attached hydrogens (tertiary/aromatic N) is 2. The summed E-state index contributed by atoms with van der Waals surface area (Å²) in [4.78, 5) is 20.0. The molecule has 0 saturated heterocycles. The van der Waals surface area contributed by atoms with E-state index in [-0.39, 0.29) is 29.6 Å². The van der Waals surface area contributed by atoms with Gasteiger partial charge in [-0.05, 0) is 19.9 Å². The Balaban J connectivity index is 1.97. The molecule has 0 radical (unpaired) electrons. The van der Waals surface area contributed by atoms with E-state index in [1.165, 1.54) is 18.5 Å². The van der Waals surface area contributed by atoms with Gasteiger partial charge in [0.25, 0.3) is 16.1 Å². The van der Waals surface area contributed by atoms with Gasteiger partial charge in [0.1, 0.15) is 17.8 Å². The van der Waals surface area contributed by atoms with E-state index in [9.17, 15) is 17.6 Å². The number of nitrogens with one attached hydrogen (secondary N) is 2. The molecule has 0 unspecified atom stereocenters. The molecule has 138 valence electrons. The largest absolute Gasteiger partial charge is 0.472 e. The second kappa shape index (κ2) is 6.27. The lowest BCUT2D eigenvalue weighted by molar-refractivity contribution is -0.129. The molecular weight excluding hydrogens is 365 g/mol. The fraction of sp³-hybridized carbons (Fsp3) is 0.267. The normalized spacial score (nSPS) is 15.8. The number of carbonyl (C=O) groups excluding carboxylic acids is 1. The lowest BCUT2D eigenvalue weighted by Gasteiger charge is -2.31. The Hall–Kier alpha value is -2.63. The van der Waals surface area contributed by atoms with Gasteiger partial charge in [-0.2, -0.15) is 13.1 Å². The molecule has 1 aromatic heterocycles. The number of anilines is 1. The monoisotopic (exact) mass is 381 g/mol. The maximum absolute atomic E-state index is 14.3. The molecule has 0 spiro atoms. The van der Waals surface area contributed by atoms with E-state index in [1.54, 1.807) is 19.9 Å². The van der Waals surface area contributed by atoms with Crippen molar-refractivity contribution >= 4 is 21.9 Å². The second-order valence-corrected chi connectivity index (χ2v) is 7.52. The molecule has 4 N–H and O–H groups in total. The maximum atomic E-state index is 14.3. The van der Waals surface area contributed by atoms with Crippen LogP contribution >= 0.6 is 0 Å². The average Bonchev–Trinajstić information content (AvgIpc) is 2.53. The molecule has 3 rings (SSSR count). The zero-order chi connectivity index (χ0) is 19.1. The van der Waals surface area contributed by atoms with E-state index >= 15 is 0 Å². The highest BCUT2D eigenvalue weighted by Gasteiger charge is 2.37. The second-order valence-electron chi connectivity index (χ2n) is 6.14. The van der Waals surface area contributed by atoms with Gasteiger partial charge in [-0.1, -0.05) is 12.1 Å². The van der Waals surface area contributed by atoms with Crippen LogP contribution in [0.3, 0.4) is 0 Å². The summed E-state index contributed by atoms with van der Waals surface area (Å²) in [6, 6.07) is 4.15. The number of halogens is 1. The molecule has 9 nitrogen and oxygen atoms in total. The van der Waals surface area contributed by atoms with Gasteiger partial charge in [-0.3, -0.25) is 4.79 Å². The summed E-state index contributed by atoms with van der Waals surface area (Å²) >= 11 is 0. The highest BCUT2D eigenvalue weighted by molar-refractivity contribution is 7.87. The molecule has 1 amide bonds. The molecule has 1 aromatic carbocycles. The SMILES string of the molecule is CC1(C)Oc2c(ncnc2-c2ccc(CNS(N)(=O)=O)c(F)c2)NC1=O. The van der Waals surface area contributed by atoms with Crippen LogP contribution in [0, 0.1) is 5.82 Å². The number of fused-ring (bicyclic) bond motifs is 1. The summed E-state index contributed by atoms with van der Waals surface area (Å²) in [6.07, 6.45) is 1.23. The molecule has 0 saturated carbocycles. The smallest absolute Gasteiger partial charge is 0.274 e. The van der Waals surface area contributed by atoms with Crippen molar-refractivity contribution in [3.05, 3.63) is 35.9 Å². The van der Waals surface area contributed by atoms with E-state index in [2.05, 4.69) is 15.3 Å². The Kier molecular flexibility index (Phi) is 4.38. The standard InChI is InChI=1S/C15H16FN5O4S/c1-15(2)14(22)21-13-12(25-15)11(18-7-19-13)8-3-4-9(10(16)5-8)6-20-26(17,23)24/h3-5,7,20H,6H2,1-2H3,(H2,17,23,24)(H,18,19,21,22). The number of carbonyl (C=O) groups is 1. The molecule has 1 aliphatic rings. The van der Waals surface area contributed by atoms with E-state index in [4.69, 9.17) is 9.88 Å². The summed E-state index contributed by atoms with van der Waals surface area (Å²) in [6.45, 7) is 2.89.